The van der Waals surface area contributed by atoms with Gasteiger partial charge in [0, 0.05) is 14.1 Å². The van der Waals surface area contributed by atoms with Gasteiger partial charge in [-0.2, -0.15) is 9.97 Å². The first-order chi connectivity index (χ1) is 12.1. The summed E-state index contributed by atoms with van der Waals surface area (Å²) in [5, 5.41) is 21.2. The number of hydrogen-bond donors (Lipinski definition) is 3. The van der Waals surface area contributed by atoms with Gasteiger partial charge in [0.05, 0.1) is 6.33 Å². The fourth-order valence-corrected chi connectivity index (χ4v) is 3.31. The summed E-state index contributed by atoms with van der Waals surface area (Å²) in [7, 11) is 1.74. The molecule has 0 bridgehead atoms. The average Bonchev–Trinajstić information content (AvgIpc) is 3.04. The van der Waals surface area contributed by atoms with Gasteiger partial charge in [0.1, 0.15) is 24.4 Å². The maximum Gasteiger partial charge on any atom is 0.504 e. The number of hydrogen-bond acceptors (Lipinski definition) is 10. The second-order valence-corrected chi connectivity index (χ2v) is 7.69. The third-order valence-electron chi connectivity index (χ3n) is 4.27. The lowest BCUT2D eigenvalue weighted by molar-refractivity contribution is -0.0947. The molecule has 2 aromatic heterocycles. The molecule has 5 atom stereocenters. The molecule has 0 aliphatic carbocycles. The topological polar surface area (TPSA) is 149 Å². The van der Waals surface area contributed by atoms with Gasteiger partial charge in [0.15, 0.2) is 29.9 Å². The van der Waals surface area contributed by atoms with Crippen LogP contribution in [0.15, 0.2) is 6.33 Å². The highest BCUT2D eigenvalue weighted by molar-refractivity contribution is 7.38. The molecular weight excluding hydrogens is 363 g/mol. The molecule has 1 saturated heterocycles. The molecule has 0 aromatic carbocycles. The first-order valence-corrected chi connectivity index (χ1v) is 9.52. The fourth-order valence-electron chi connectivity index (χ4n) is 2.96. The van der Waals surface area contributed by atoms with Crippen LogP contribution in [0.2, 0.25) is 0 Å². The van der Waals surface area contributed by atoms with Gasteiger partial charge < -0.3 is 25.6 Å². The lowest BCUT2D eigenvalue weighted by Crippen LogP contribution is -2.44. The number of nitrogen functional groups attached to an aromatic ring is 1. The number of aliphatic hydroxyl groups excluding tert-OH is 1. The van der Waals surface area contributed by atoms with E-state index in [0.717, 1.165) is 0 Å². The van der Waals surface area contributed by atoms with E-state index in [1.54, 1.807) is 19.0 Å². The quantitative estimate of drug-likeness (QED) is 0.594. The van der Waals surface area contributed by atoms with Crippen molar-refractivity contribution in [3.05, 3.63) is 6.33 Å². The Bertz CT molecular complexity index is 841. The van der Waals surface area contributed by atoms with Crippen LogP contribution >= 0.6 is 8.03 Å². The predicted octanol–water partition coefficient (Wildman–Crippen LogP) is -0.127. The lowest BCUT2D eigenvalue weighted by Gasteiger charge is -2.27. The molecule has 142 valence electrons. The first-order valence-electron chi connectivity index (χ1n) is 7.90. The van der Waals surface area contributed by atoms with Gasteiger partial charge in [0.25, 0.3) is 0 Å². The van der Waals surface area contributed by atoms with Crippen LogP contribution in [0.5, 0.6) is 0 Å². The average molecular weight is 385 g/mol. The molecule has 26 heavy (non-hydrogen) atoms. The zero-order valence-electron chi connectivity index (χ0n) is 14.9. The molecule has 0 amide bonds. The van der Waals surface area contributed by atoms with E-state index in [9.17, 15) is 14.8 Å². The van der Waals surface area contributed by atoms with Crippen molar-refractivity contribution < 1.29 is 24.0 Å². The maximum absolute atomic E-state index is 11.2. The number of aromatic nitrogens is 4. The van der Waals surface area contributed by atoms with Gasteiger partial charge in [0.2, 0.25) is 5.95 Å². The number of aliphatic hydroxyl groups is 2. The third-order valence-corrected chi connectivity index (χ3v) is 4.78. The van der Waals surface area contributed by atoms with Crippen LogP contribution in [-0.2, 0) is 13.8 Å². The highest BCUT2D eigenvalue weighted by atomic mass is 31.1. The predicted molar refractivity (Wildman–Crippen MR) is 94.1 cm³/mol. The summed E-state index contributed by atoms with van der Waals surface area (Å²) in [5.74, 6) is 0.566. The van der Waals surface area contributed by atoms with Gasteiger partial charge in [-0.15, -0.1) is 4.52 Å². The smallest absolute Gasteiger partial charge is 0.387 e. The van der Waals surface area contributed by atoms with Crippen molar-refractivity contribution in [2.45, 2.75) is 31.0 Å². The highest BCUT2D eigenvalue weighted by Crippen LogP contribution is 2.40. The van der Waals surface area contributed by atoms with E-state index in [2.05, 4.69) is 15.0 Å². The second-order valence-electron chi connectivity index (χ2n) is 6.56. The molecule has 1 aliphatic rings. The van der Waals surface area contributed by atoms with Crippen molar-refractivity contribution in [3.8, 4) is 0 Å². The molecule has 1 aliphatic heterocycles. The van der Waals surface area contributed by atoms with Gasteiger partial charge in [-0.25, -0.2) is 4.98 Å². The summed E-state index contributed by atoms with van der Waals surface area (Å²) in [6.07, 6.45) is -1.66. The standard InChI is InChI=1S/C14H22N6O5P/c1-14(22)9(21)7(5-24-26(4)23)25-12(14)20-6-16-8-10(19(2)3)17-13(15)18-11(8)20/h6-7,9,12,21-22H,5H2,1-4H3,(H2,15,17,18)/q+1/t7-,9-,12-,14-/m1/s1. The largest absolute Gasteiger partial charge is 0.504 e. The number of imidazole rings is 1. The van der Waals surface area contributed by atoms with Crippen LogP contribution in [0, 0.1) is 0 Å². The zero-order chi connectivity index (χ0) is 19.2. The molecule has 2 aromatic rings. The van der Waals surface area contributed by atoms with Crippen molar-refractivity contribution in [3.63, 3.8) is 0 Å². The Morgan fingerprint density at radius 1 is 1.50 bits per heavy atom. The number of rotatable bonds is 5. The van der Waals surface area contributed by atoms with Crippen molar-refractivity contribution in [2.24, 2.45) is 0 Å². The molecule has 11 nitrogen and oxygen atoms in total. The minimum Gasteiger partial charge on any atom is -0.387 e. The minimum absolute atomic E-state index is 0.0454. The van der Waals surface area contributed by atoms with Crippen LogP contribution in [0.3, 0.4) is 0 Å². The van der Waals surface area contributed by atoms with E-state index in [1.165, 1.54) is 24.5 Å². The van der Waals surface area contributed by atoms with E-state index in [4.69, 9.17) is 15.0 Å². The molecular formula is C14H22N6O5P+. The highest BCUT2D eigenvalue weighted by Gasteiger charge is 2.54. The molecule has 12 heteroatoms. The summed E-state index contributed by atoms with van der Waals surface area (Å²) in [5.41, 5.74) is 4.99. The normalized spacial score (nSPS) is 29.3. The zero-order valence-corrected chi connectivity index (χ0v) is 15.8. The Labute approximate surface area is 150 Å². The summed E-state index contributed by atoms with van der Waals surface area (Å²) >= 11 is 0. The van der Waals surface area contributed by atoms with Crippen LogP contribution in [-0.4, -0.2) is 74.9 Å². The minimum atomic E-state index is -1.85. The van der Waals surface area contributed by atoms with Gasteiger partial charge in [-0.05, 0) is 11.5 Å². The molecule has 1 unspecified atom stereocenters. The second kappa shape index (κ2) is 6.67. The fraction of sp³-hybridized carbons (Fsp3) is 0.643. The van der Waals surface area contributed by atoms with Crippen molar-refractivity contribution in [2.75, 3.05) is 38.0 Å². The Hall–Kier alpha value is -1.91. The number of anilines is 2. The van der Waals surface area contributed by atoms with Gasteiger partial charge in [-0.3, -0.25) is 4.57 Å². The van der Waals surface area contributed by atoms with Gasteiger partial charge >= 0.3 is 8.03 Å². The first kappa shape index (κ1) is 18.9. The monoisotopic (exact) mass is 385 g/mol. The Morgan fingerprint density at radius 3 is 2.81 bits per heavy atom. The molecule has 0 spiro atoms. The number of fused-ring (bicyclic) bond motifs is 1. The molecule has 4 N–H and O–H groups in total. The summed E-state index contributed by atoms with van der Waals surface area (Å²) in [4.78, 5) is 14.4. The van der Waals surface area contributed by atoms with Crippen LogP contribution in [0.25, 0.3) is 11.2 Å². The molecule has 1 fully saturated rings. The molecule has 3 heterocycles. The number of ether oxygens (including phenoxy) is 1. The van der Waals surface area contributed by atoms with E-state index in [1.807, 2.05) is 0 Å². The van der Waals surface area contributed by atoms with Crippen LogP contribution in [0.4, 0.5) is 11.8 Å². The summed E-state index contributed by atoms with van der Waals surface area (Å²) < 4.78 is 23.5. The van der Waals surface area contributed by atoms with Crippen molar-refractivity contribution in [1.82, 2.24) is 19.5 Å². The van der Waals surface area contributed by atoms with E-state index < -0.39 is 32.1 Å². The molecule has 3 rings (SSSR count). The Morgan fingerprint density at radius 2 is 2.19 bits per heavy atom. The SMILES string of the molecule is CN(C)c1nc(N)nc2c1ncn2[C@@H]1O[C@H](CO[P+](C)=O)[C@@H](O)[C@@]1(C)O. The van der Waals surface area contributed by atoms with Crippen LogP contribution < -0.4 is 10.6 Å². The molecule has 0 radical (unpaired) electrons. The Balaban J connectivity index is 2.02. The summed E-state index contributed by atoms with van der Waals surface area (Å²) in [6.45, 7) is 2.72. The lowest BCUT2D eigenvalue weighted by atomic mass is 9.96. The van der Waals surface area contributed by atoms with E-state index >= 15 is 0 Å². The van der Waals surface area contributed by atoms with E-state index in [-0.39, 0.29) is 12.6 Å². The molecule has 0 saturated carbocycles. The van der Waals surface area contributed by atoms with Crippen LogP contribution in [0.1, 0.15) is 13.2 Å². The third kappa shape index (κ3) is 3.12. The van der Waals surface area contributed by atoms with Crippen molar-refractivity contribution in [1.29, 1.82) is 0 Å². The van der Waals surface area contributed by atoms with Gasteiger partial charge in [-0.1, -0.05) is 0 Å². The summed E-state index contributed by atoms with van der Waals surface area (Å²) in [6, 6.07) is 0. The number of nitrogens with two attached hydrogens (primary N) is 1. The Kier molecular flexibility index (Phi) is 4.84. The number of nitrogens with zero attached hydrogens (tertiary/aromatic N) is 5. The maximum atomic E-state index is 11.2. The van der Waals surface area contributed by atoms with Crippen molar-refractivity contribution >= 4 is 31.0 Å². The van der Waals surface area contributed by atoms with E-state index in [0.29, 0.717) is 17.0 Å².